The Morgan fingerprint density at radius 2 is 1.93 bits per heavy atom. The summed E-state index contributed by atoms with van der Waals surface area (Å²) in [5.74, 6) is -0.523. The third kappa shape index (κ3) is 4.69. The number of hydrogen-bond donors (Lipinski definition) is 2. The van der Waals surface area contributed by atoms with Crippen molar-refractivity contribution in [2.24, 2.45) is 5.73 Å². The Labute approximate surface area is 156 Å². The van der Waals surface area contributed by atoms with E-state index in [1.165, 1.54) is 0 Å². The monoisotopic (exact) mass is 372 g/mol. The number of halogens is 1. The van der Waals surface area contributed by atoms with Crippen LogP contribution in [0.3, 0.4) is 0 Å². The maximum Gasteiger partial charge on any atom is 0.313 e. The van der Waals surface area contributed by atoms with Crippen LogP contribution in [0, 0.1) is 11.2 Å². The van der Waals surface area contributed by atoms with Crippen molar-refractivity contribution in [2.45, 2.75) is 13.0 Å². The lowest BCUT2D eigenvalue weighted by Crippen LogP contribution is -2.47. The molecule has 3 N–H and O–H groups in total. The number of esters is 1. The van der Waals surface area contributed by atoms with Crippen molar-refractivity contribution in [3.05, 3.63) is 47.9 Å². The molecule has 1 fully saturated rings. The van der Waals surface area contributed by atoms with Crippen molar-refractivity contribution < 1.29 is 13.9 Å². The number of anilines is 2. The zero-order valence-electron chi connectivity index (χ0n) is 14.8. The van der Waals surface area contributed by atoms with E-state index in [4.69, 9.17) is 15.9 Å². The van der Waals surface area contributed by atoms with Crippen LogP contribution in [0.5, 0.6) is 0 Å². The molecule has 0 radical (unpaired) electrons. The first-order valence-electron chi connectivity index (χ1n) is 8.58. The summed E-state index contributed by atoms with van der Waals surface area (Å²) in [6.07, 6.45) is 1.33. The van der Waals surface area contributed by atoms with Gasteiger partial charge < -0.3 is 20.3 Å². The standard InChI is InChI=1S/C18H21FN6O2/c19-18-13(12-27-17(26)11-15(20)21)3-1-4-14(18)24-7-9-25(10-8-24)16-5-2-6-22-23-16/h1-6H,7-12H2,(H3,20,21). The van der Waals surface area contributed by atoms with E-state index in [1.54, 1.807) is 24.4 Å². The van der Waals surface area contributed by atoms with E-state index < -0.39 is 11.8 Å². The van der Waals surface area contributed by atoms with Gasteiger partial charge in [0.1, 0.15) is 18.9 Å². The molecule has 0 saturated carbocycles. The van der Waals surface area contributed by atoms with Crippen LogP contribution in [0.25, 0.3) is 0 Å². The summed E-state index contributed by atoms with van der Waals surface area (Å²) in [5, 5.41) is 15.1. The number of nitrogens with zero attached hydrogens (tertiary/aromatic N) is 4. The summed E-state index contributed by atoms with van der Waals surface area (Å²) in [6.45, 7) is 2.50. The number of hydrogen-bond acceptors (Lipinski definition) is 7. The second-order valence-corrected chi connectivity index (χ2v) is 6.17. The fourth-order valence-electron chi connectivity index (χ4n) is 2.93. The summed E-state index contributed by atoms with van der Waals surface area (Å²) in [4.78, 5) is 15.6. The number of nitrogens with one attached hydrogen (secondary N) is 1. The highest BCUT2D eigenvalue weighted by Gasteiger charge is 2.22. The van der Waals surface area contributed by atoms with Crippen LogP contribution in [-0.4, -0.2) is 48.2 Å². The second-order valence-electron chi connectivity index (χ2n) is 6.17. The van der Waals surface area contributed by atoms with Gasteiger partial charge in [0.2, 0.25) is 0 Å². The van der Waals surface area contributed by atoms with Crippen molar-refractivity contribution in [1.82, 2.24) is 10.2 Å². The topological polar surface area (TPSA) is 108 Å². The molecule has 3 rings (SSSR count). The van der Waals surface area contributed by atoms with Crippen LogP contribution in [0.2, 0.25) is 0 Å². The molecule has 1 aliphatic rings. The number of rotatable bonds is 6. The van der Waals surface area contributed by atoms with E-state index in [2.05, 4.69) is 15.1 Å². The smallest absolute Gasteiger partial charge is 0.313 e. The molecule has 0 amide bonds. The molecule has 142 valence electrons. The number of nitrogens with two attached hydrogens (primary N) is 1. The van der Waals surface area contributed by atoms with Crippen molar-refractivity contribution in [3.63, 3.8) is 0 Å². The predicted octanol–water partition coefficient (Wildman–Crippen LogP) is 1.31. The normalized spacial score (nSPS) is 14.1. The minimum Gasteiger partial charge on any atom is -0.460 e. The third-order valence-electron chi connectivity index (χ3n) is 4.28. The van der Waals surface area contributed by atoms with Crippen molar-refractivity contribution in [1.29, 1.82) is 5.41 Å². The molecule has 0 bridgehead atoms. The molecule has 1 aliphatic heterocycles. The lowest BCUT2D eigenvalue weighted by molar-refractivity contribution is -0.143. The number of carbonyl (C=O) groups is 1. The number of amidine groups is 1. The second kappa shape index (κ2) is 8.43. The number of carbonyl (C=O) groups excluding carboxylic acids is 1. The zero-order chi connectivity index (χ0) is 19.2. The Bertz CT molecular complexity index is 809. The van der Waals surface area contributed by atoms with Crippen LogP contribution < -0.4 is 15.5 Å². The van der Waals surface area contributed by atoms with Crippen molar-refractivity contribution in [2.75, 3.05) is 36.0 Å². The van der Waals surface area contributed by atoms with Gasteiger partial charge in [0.25, 0.3) is 0 Å². The van der Waals surface area contributed by atoms with E-state index in [-0.39, 0.29) is 18.9 Å². The highest BCUT2D eigenvalue weighted by atomic mass is 19.1. The minimum atomic E-state index is -0.648. The molecule has 9 heteroatoms. The average Bonchev–Trinajstić information content (AvgIpc) is 2.67. The molecule has 0 unspecified atom stereocenters. The molecule has 27 heavy (non-hydrogen) atoms. The summed E-state index contributed by atoms with van der Waals surface area (Å²) >= 11 is 0. The van der Waals surface area contributed by atoms with Gasteiger partial charge in [0.15, 0.2) is 11.6 Å². The van der Waals surface area contributed by atoms with Gasteiger partial charge in [-0.05, 0) is 18.2 Å². The van der Waals surface area contributed by atoms with E-state index in [0.29, 0.717) is 37.4 Å². The quantitative estimate of drug-likeness (QED) is 0.447. The SMILES string of the molecule is N=C(N)CC(=O)OCc1cccc(N2CCN(c3cccnn3)CC2)c1F. The predicted molar refractivity (Wildman–Crippen MR) is 99.2 cm³/mol. The third-order valence-corrected chi connectivity index (χ3v) is 4.28. The minimum absolute atomic E-state index is 0.189. The van der Waals surface area contributed by atoms with Crippen LogP contribution >= 0.6 is 0 Å². The molecular formula is C18H21FN6O2. The van der Waals surface area contributed by atoms with Gasteiger partial charge in [-0.2, -0.15) is 5.10 Å². The first kappa shape index (κ1) is 18.6. The number of aromatic nitrogens is 2. The fourth-order valence-corrected chi connectivity index (χ4v) is 2.93. The molecule has 1 aromatic carbocycles. The van der Waals surface area contributed by atoms with Gasteiger partial charge >= 0.3 is 5.97 Å². The van der Waals surface area contributed by atoms with Crippen LogP contribution in [0.1, 0.15) is 12.0 Å². The first-order valence-corrected chi connectivity index (χ1v) is 8.58. The van der Waals surface area contributed by atoms with Gasteiger partial charge in [-0.3, -0.25) is 10.2 Å². The van der Waals surface area contributed by atoms with Gasteiger partial charge in [-0.15, -0.1) is 5.10 Å². The number of benzene rings is 1. The van der Waals surface area contributed by atoms with Crippen molar-refractivity contribution >= 4 is 23.3 Å². The zero-order valence-corrected chi connectivity index (χ0v) is 14.8. The Hall–Kier alpha value is -3.23. The molecule has 2 heterocycles. The highest BCUT2D eigenvalue weighted by Crippen LogP contribution is 2.25. The Morgan fingerprint density at radius 1 is 1.19 bits per heavy atom. The number of ether oxygens (including phenoxy) is 1. The van der Waals surface area contributed by atoms with Gasteiger partial charge in [0, 0.05) is 37.9 Å². The van der Waals surface area contributed by atoms with Gasteiger partial charge in [0.05, 0.1) is 5.69 Å². The van der Waals surface area contributed by atoms with Crippen LogP contribution in [-0.2, 0) is 16.1 Å². The molecule has 0 spiro atoms. The molecule has 1 aromatic heterocycles. The summed E-state index contributed by atoms with van der Waals surface area (Å²) in [6, 6.07) is 8.77. The molecule has 0 atom stereocenters. The lowest BCUT2D eigenvalue weighted by Gasteiger charge is -2.36. The van der Waals surface area contributed by atoms with Crippen LogP contribution in [0.4, 0.5) is 15.9 Å². The number of piperazine rings is 1. The summed E-state index contributed by atoms with van der Waals surface area (Å²) < 4.78 is 19.8. The Balaban J connectivity index is 1.62. The Morgan fingerprint density at radius 3 is 2.59 bits per heavy atom. The summed E-state index contributed by atoms with van der Waals surface area (Å²) in [7, 11) is 0. The molecule has 1 saturated heterocycles. The lowest BCUT2D eigenvalue weighted by atomic mass is 10.1. The van der Waals surface area contributed by atoms with E-state index in [9.17, 15) is 9.18 Å². The maximum atomic E-state index is 14.9. The molecule has 0 aliphatic carbocycles. The summed E-state index contributed by atoms with van der Waals surface area (Å²) in [5.41, 5.74) is 5.93. The fraction of sp³-hybridized carbons (Fsp3) is 0.333. The van der Waals surface area contributed by atoms with Gasteiger partial charge in [-0.25, -0.2) is 4.39 Å². The largest absolute Gasteiger partial charge is 0.460 e. The highest BCUT2D eigenvalue weighted by molar-refractivity contribution is 5.94. The van der Waals surface area contributed by atoms with Crippen LogP contribution in [0.15, 0.2) is 36.5 Å². The first-order chi connectivity index (χ1) is 13.0. The van der Waals surface area contributed by atoms with E-state index in [1.807, 2.05) is 17.0 Å². The Kier molecular flexibility index (Phi) is 5.80. The maximum absolute atomic E-state index is 14.9. The van der Waals surface area contributed by atoms with E-state index in [0.717, 1.165) is 5.82 Å². The van der Waals surface area contributed by atoms with Gasteiger partial charge in [-0.1, -0.05) is 12.1 Å². The molecule has 8 nitrogen and oxygen atoms in total. The van der Waals surface area contributed by atoms with E-state index >= 15 is 0 Å². The molecule has 2 aromatic rings. The average molecular weight is 372 g/mol. The molecular weight excluding hydrogens is 351 g/mol. The van der Waals surface area contributed by atoms with Crippen molar-refractivity contribution in [3.8, 4) is 0 Å².